The summed E-state index contributed by atoms with van der Waals surface area (Å²) >= 11 is 3.19. The second-order valence-electron chi connectivity index (χ2n) is 5.79. The van der Waals surface area contributed by atoms with Crippen molar-refractivity contribution in [1.82, 2.24) is 24.7 Å². The summed E-state index contributed by atoms with van der Waals surface area (Å²) in [5.41, 5.74) is 0.173. The van der Waals surface area contributed by atoms with E-state index in [0.29, 0.717) is 29.2 Å². The summed E-state index contributed by atoms with van der Waals surface area (Å²) in [7, 11) is 0. The Morgan fingerprint density at radius 2 is 2.00 bits per heavy atom. The quantitative estimate of drug-likeness (QED) is 0.698. The van der Waals surface area contributed by atoms with Gasteiger partial charge in [0.05, 0.1) is 11.6 Å². The molecule has 0 radical (unpaired) electrons. The molecule has 1 aliphatic rings. The van der Waals surface area contributed by atoms with Crippen LogP contribution in [0.4, 0.5) is 15.9 Å². The van der Waals surface area contributed by atoms with E-state index < -0.39 is 5.82 Å². The van der Waals surface area contributed by atoms with E-state index in [2.05, 4.69) is 41.3 Å². The van der Waals surface area contributed by atoms with Gasteiger partial charge in [-0.25, -0.2) is 24.0 Å². The fraction of sp³-hybridized carbons (Fsp3) is 0.188. The average Bonchev–Trinajstić information content (AvgIpc) is 3.11. The highest BCUT2D eigenvalue weighted by atomic mass is 79.9. The SMILES string of the molecule is O=C(Nc1ccc(Br)cc1F)C1CN(c2cc(-n3cncn3)ncn2)C1. The van der Waals surface area contributed by atoms with E-state index in [9.17, 15) is 9.18 Å². The van der Waals surface area contributed by atoms with Gasteiger partial charge in [0, 0.05) is 23.6 Å². The lowest BCUT2D eigenvalue weighted by molar-refractivity contribution is -0.120. The van der Waals surface area contributed by atoms with Crippen LogP contribution >= 0.6 is 15.9 Å². The first-order chi connectivity index (χ1) is 12.6. The van der Waals surface area contributed by atoms with E-state index in [-0.39, 0.29) is 17.5 Å². The number of benzene rings is 1. The lowest BCUT2D eigenvalue weighted by Gasteiger charge is -2.39. The van der Waals surface area contributed by atoms with Crippen LogP contribution in [0.2, 0.25) is 0 Å². The van der Waals surface area contributed by atoms with Crippen molar-refractivity contribution < 1.29 is 9.18 Å². The minimum Gasteiger partial charge on any atom is -0.355 e. The molecule has 0 aliphatic carbocycles. The summed E-state index contributed by atoms with van der Waals surface area (Å²) in [5.74, 6) is 0.370. The molecule has 1 saturated heterocycles. The van der Waals surface area contributed by atoms with E-state index in [1.54, 1.807) is 18.5 Å². The number of nitrogens with one attached hydrogen (secondary N) is 1. The molecule has 1 aliphatic heterocycles. The van der Waals surface area contributed by atoms with Gasteiger partial charge in [0.2, 0.25) is 5.91 Å². The summed E-state index contributed by atoms with van der Waals surface area (Å²) < 4.78 is 16.0. The summed E-state index contributed by atoms with van der Waals surface area (Å²) in [6, 6.07) is 6.30. The van der Waals surface area contributed by atoms with Gasteiger partial charge in [0.15, 0.2) is 5.82 Å². The molecule has 10 heteroatoms. The molecule has 1 fully saturated rings. The van der Waals surface area contributed by atoms with Crippen molar-refractivity contribution >= 4 is 33.3 Å². The Morgan fingerprint density at radius 3 is 2.73 bits per heavy atom. The minimum absolute atomic E-state index is 0.173. The van der Waals surface area contributed by atoms with E-state index in [1.807, 2.05) is 4.90 Å². The largest absolute Gasteiger partial charge is 0.355 e. The topological polar surface area (TPSA) is 88.8 Å². The fourth-order valence-electron chi connectivity index (χ4n) is 2.62. The van der Waals surface area contributed by atoms with Crippen molar-refractivity contribution in [3.8, 4) is 5.82 Å². The Morgan fingerprint density at radius 1 is 1.19 bits per heavy atom. The van der Waals surface area contributed by atoms with Crippen molar-refractivity contribution in [3.63, 3.8) is 0 Å². The van der Waals surface area contributed by atoms with Gasteiger partial charge in [-0.05, 0) is 18.2 Å². The van der Waals surface area contributed by atoms with Crippen molar-refractivity contribution in [3.05, 3.63) is 53.5 Å². The van der Waals surface area contributed by atoms with Gasteiger partial charge in [-0.2, -0.15) is 5.10 Å². The molecular formula is C16H13BrFN7O. The smallest absolute Gasteiger partial charge is 0.231 e. The zero-order chi connectivity index (χ0) is 18.1. The highest BCUT2D eigenvalue weighted by molar-refractivity contribution is 9.10. The standard InChI is InChI=1S/C16H13BrFN7O/c17-11-1-2-13(12(18)3-11)23-16(26)10-5-24(6-10)14-4-15(21-8-20-14)25-9-19-7-22-25/h1-4,7-10H,5-6H2,(H,23,26). The number of nitrogens with zero attached hydrogens (tertiary/aromatic N) is 6. The second kappa shape index (κ2) is 6.79. The van der Waals surface area contributed by atoms with E-state index in [4.69, 9.17) is 0 Å². The van der Waals surface area contributed by atoms with Crippen LogP contribution in [0.5, 0.6) is 0 Å². The normalized spacial score (nSPS) is 14.2. The number of carbonyl (C=O) groups excluding carboxylic acids is 1. The monoisotopic (exact) mass is 417 g/mol. The average molecular weight is 418 g/mol. The molecule has 1 amide bonds. The maximum Gasteiger partial charge on any atom is 0.231 e. The molecule has 0 saturated carbocycles. The number of carbonyl (C=O) groups is 1. The molecular weight excluding hydrogens is 405 g/mol. The van der Waals surface area contributed by atoms with Crippen LogP contribution < -0.4 is 10.2 Å². The molecule has 4 rings (SSSR count). The van der Waals surface area contributed by atoms with Gasteiger partial charge in [-0.1, -0.05) is 15.9 Å². The third-order valence-corrected chi connectivity index (χ3v) is 4.55. The molecule has 132 valence electrons. The third-order valence-electron chi connectivity index (χ3n) is 4.06. The summed E-state index contributed by atoms with van der Waals surface area (Å²) in [6.07, 6.45) is 4.41. The molecule has 3 heterocycles. The van der Waals surface area contributed by atoms with Crippen LogP contribution in [-0.4, -0.2) is 43.7 Å². The molecule has 8 nitrogen and oxygen atoms in total. The van der Waals surface area contributed by atoms with Gasteiger partial charge in [-0.15, -0.1) is 0 Å². The predicted molar refractivity (Wildman–Crippen MR) is 95.4 cm³/mol. The van der Waals surface area contributed by atoms with Crippen LogP contribution in [0, 0.1) is 11.7 Å². The zero-order valence-corrected chi connectivity index (χ0v) is 15.0. The molecule has 1 N–H and O–H groups in total. The number of amides is 1. The Bertz CT molecular complexity index is 944. The number of aromatic nitrogens is 5. The molecule has 0 unspecified atom stereocenters. The van der Waals surface area contributed by atoms with Gasteiger partial charge in [0.1, 0.15) is 30.6 Å². The summed E-state index contributed by atoms with van der Waals surface area (Å²) in [5, 5.41) is 6.66. The molecule has 0 atom stereocenters. The van der Waals surface area contributed by atoms with Crippen LogP contribution in [0.1, 0.15) is 0 Å². The molecule has 0 spiro atoms. The van der Waals surface area contributed by atoms with Crippen LogP contribution in [-0.2, 0) is 4.79 Å². The van der Waals surface area contributed by atoms with E-state index >= 15 is 0 Å². The summed E-state index contributed by atoms with van der Waals surface area (Å²) in [4.78, 5) is 26.5. The van der Waals surface area contributed by atoms with Crippen molar-refractivity contribution in [2.24, 2.45) is 5.92 Å². The number of hydrogen-bond donors (Lipinski definition) is 1. The van der Waals surface area contributed by atoms with Gasteiger partial charge in [-0.3, -0.25) is 4.79 Å². The van der Waals surface area contributed by atoms with Crippen molar-refractivity contribution in [2.75, 3.05) is 23.3 Å². The molecule has 1 aromatic carbocycles. The fourth-order valence-corrected chi connectivity index (χ4v) is 2.95. The maximum absolute atomic E-state index is 13.8. The molecule has 26 heavy (non-hydrogen) atoms. The lowest BCUT2D eigenvalue weighted by atomic mass is 9.99. The van der Waals surface area contributed by atoms with Gasteiger partial charge >= 0.3 is 0 Å². The first-order valence-corrected chi connectivity index (χ1v) is 8.57. The van der Waals surface area contributed by atoms with Crippen LogP contribution in [0.3, 0.4) is 0 Å². The first-order valence-electron chi connectivity index (χ1n) is 7.78. The van der Waals surface area contributed by atoms with E-state index in [0.717, 1.165) is 0 Å². The number of hydrogen-bond acceptors (Lipinski definition) is 6. The maximum atomic E-state index is 13.8. The van der Waals surface area contributed by atoms with Gasteiger partial charge in [0.25, 0.3) is 0 Å². The number of rotatable bonds is 4. The van der Waals surface area contributed by atoms with E-state index in [1.165, 1.54) is 29.5 Å². The lowest BCUT2D eigenvalue weighted by Crippen LogP contribution is -2.52. The summed E-state index contributed by atoms with van der Waals surface area (Å²) in [6.45, 7) is 0.996. The highest BCUT2D eigenvalue weighted by Crippen LogP contribution is 2.26. The predicted octanol–water partition coefficient (Wildman–Crippen LogP) is 2.03. The minimum atomic E-state index is -0.475. The molecule has 0 bridgehead atoms. The van der Waals surface area contributed by atoms with Crippen LogP contribution in [0.25, 0.3) is 5.82 Å². The number of halogens is 2. The van der Waals surface area contributed by atoms with Crippen LogP contribution in [0.15, 0.2) is 47.7 Å². The Balaban J connectivity index is 1.39. The molecule has 2 aromatic heterocycles. The second-order valence-corrected chi connectivity index (χ2v) is 6.71. The Hall–Kier alpha value is -2.88. The third kappa shape index (κ3) is 3.27. The highest BCUT2D eigenvalue weighted by Gasteiger charge is 2.34. The van der Waals surface area contributed by atoms with Crippen molar-refractivity contribution in [2.45, 2.75) is 0 Å². The van der Waals surface area contributed by atoms with Crippen molar-refractivity contribution in [1.29, 1.82) is 0 Å². The number of anilines is 2. The zero-order valence-electron chi connectivity index (χ0n) is 13.4. The Kier molecular flexibility index (Phi) is 4.33. The molecule has 3 aromatic rings. The first kappa shape index (κ1) is 16.6. The Labute approximate surface area is 156 Å². The van der Waals surface area contributed by atoms with Gasteiger partial charge < -0.3 is 10.2 Å².